The van der Waals surface area contributed by atoms with Gasteiger partial charge in [-0.3, -0.25) is 9.59 Å². The molecule has 0 saturated carbocycles. The first-order valence-corrected chi connectivity index (χ1v) is 9.83. The Labute approximate surface area is 160 Å². The number of ether oxygens (including phenoxy) is 1. The van der Waals surface area contributed by atoms with E-state index in [1.54, 1.807) is 0 Å². The highest BCUT2D eigenvalue weighted by Gasteiger charge is 2.28. The molecular weight excluding hydrogens is 340 g/mol. The Balaban J connectivity index is 1.53. The van der Waals surface area contributed by atoms with Crippen LogP contribution in [0, 0.1) is 5.92 Å². The van der Waals surface area contributed by atoms with E-state index >= 15 is 0 Å². The van der Waals surface area contributed by atoms with Gasteiger partial charge in [-0.25, -0.2) is 0 Å². The molecule has 1 saturated heterocycles. The van der Waals surface area contributed by atoms with Gasteiger partial charge in [-0.2, -0.15) is 0 Å². The van der Waals surface area contributed by atoms with Crippen LogP contribution in [0.5, 0.6) is 0 Å². The van der Waals surface area contributed by atoms with Crippen molar-refractivity contribution in [3.63, 3.8) is 0 Å². The summed E-state index contributed by atoms with van der Waals surface area (Å²) in [6.45, 7) is 5.24. The average Bonchev–Trinajstić information content (AvgIpc) is 2.72. The third kappa shape index (κ3) is 4.86. The highest BCUT2D eigenvalue weighted by atomic mass is 16.5. The van der Waals surface area contributed by atoms with E-state index < -0.39 is 0 Å². The summed E-state index contributed by atoms with van der Waals surface area (Å²) in [5.74, 6) is 0.153. The molecule has 5 nitrogen and oxygen atoms in total. The van der Waals surface area contributed by atoms with Crippen LogP contribution < -0.4 is 5.32 Å². The lowest BCUT2D eigenvalue weighted by Gasteiger charge is -2.31. The van der Waals surface area contributed by atoms with Gasteiger partial charge in [-0.1, -0.05) is 36.4 Å². The topological polar surface area (TPSA) is 58.6 Å². The van der Waals surface area contributed by atoms with Crippen molar-refractivity contribution in [2.75, 3.05) is 32.8 Å². The van der Waals surface area contributed by atoms with E-state index in [1.807, 2.05) is 54.3 Å². The Morgan fingerprint density at radius 3 is 2.63 bits per heavy atom. The van der Waals surface area contributed by atoms with Gasteiger partial charge < -0.3 is 15.0 Å². The fourth-order valence-electron chi connectivity index (χ4n) is 3.60. The molecule has 3 rings (SSSR count). The van der Waals surface area contributed by atoms with Crippen LogP contribution in [0.15, 0.2) is 42.5 Å². The maximum atomic E-state index is 13.0. The first-order valence-electron chi connectivity index (χ1n) is 9.83. The lowest BCUT2D eigenvalue weighted by Crippen LogP contribution is -2.43. The van der Waals surface area contributed by atoms with Gasteiger partial charge in [-0.15, -0.1) is 0 Å². The van der Waals surface area contributed by atoms with Crippen LogP contribution in [0.1, 0.15) is 36.5 Å². The van der Waals surface area contributed by atoms with Crippen LogP contribution in [0.4, 0.5) is 0 Å². The predicted molar refractivity (Wildman–Crippen MR) is 107 cm³/mol. The predicted octanol–water partition coefficient (Wildman–Crippen LogP) is 3.23. The highest BCUT2D eigenvalue weighted by molar-refractivity contribution is 6.07. The van der Waals surface area contributed by atoms with Crippen molar-refractivity contribution < 1.29 is 14.3 Å². The number of carbonyl (C=O) groups excluding carboxylic acids is 2. The van der Waals surface area contributed by atoms with Crippen molar-refractivity contribution in [1.29, 1.82) is 0 Å². The van der Waals surface area contributed by atoms with Crippen LogP contribution in [0.3, 0.4) is 0 Å². The van der Waals surface area contributed by atoms with Crippen LogP contribution in [0.2, 0.25) is 0 Å². The van der Waals surface area contributed by atoms with Crippen molar-refractivity contribution in [1.82, 2.24) is 10.2 Å². The number of amides is 2. The summed E-state index contributed by atoms with van der Waals surface area (Å²) < 4.78 is 5.28. The molecule has 0 radical (unpaired) electrons. The minimum atomic E-state index is -0.00587. The average molecular weight is 368 g/mol. The van der Waals surface area contributed by atoms with Gasteiger partial charge in [0.2, 0.25) is 5.91 Å². The second kappa shape index (κ2) is 9.51. The van der Waals surface area contributed by atoms with E-state index in [0.717, 1.165) is 22.8 Å². The largest absolute Gasteiger partial charge is 0.382 e. The third-order valence-corrected chi connectivity index (χ3v) is 5.14. The van der Waals surface area contributed by atoms with Crippen molar-refractivity contribution in [2.24, 2.45) is 5.92 Å². The smallest absolute Gasteiger partial charge is 0.254 e. The fourth-order valence-corrected chi connectivity index (χ4v) is 3.60. The number of piperidine rings is 1. The number of hydrogen-bond donors (Lipinski definition) is 1. The molecule has 1 fully saturated rings. The normalized spacial score (nSPS) is 15.1. The van der Waals surface area contributed by atoms with Gasteiger partial charge >= 0.3 is 0 Å². The van der Waals surface area contributed by atoms with Crippen LogP contribution >= 0.6 is 0 Å². The van der Waals surface area contributed by atoms with Gasteiger partial charge in [0.25, 0.3) is 5.91 Å². The van der Waals surface area contributed by atoms with Gasteiger partial charge in [0.15, 0.2) is 0 Å². The number of benzene rings is 2. The molecule has 27 heavy (non-hydrogen) atoms. The lowest BCUT2D eigenvalue weighted by atomic mass is 9.95. The summed E-state index contributed by atoms with van der Waals surface area (Å²) >= 11 is 0. The first-order chi connectivity index (χ1) is 13.2. The number of rotatable bonds is 7. The number of nitrogens with zero attached hydrogens (tertiary/aromatic N) is 1. The van der Waals surface area contributed by atoms with Gasteiger partial charge in [0.1, 0.15) is 0 Å². The van der Waals surface area contributed by atoms with Gasteiger partial charge in [0, 0.05) is 44.3 Å². The molecule has 0 bridgehead atoms. The molecule has 2 aromatic rings. The van der Waals surface area contributed by atoms with E-state index in [0.29, 0.717) is 45.7 Å². The van der Waals surface area contributed by atoms with Crippen LogP contribution in [-0.2, 0) is 9.53 Å². The van der Waals surface area contributed by atoms with E-state index in [2.05, 4.69) is 5.32 Å². The minimum absolute atomic E-state index is 0.00587. The molecule has 144 valence electrons. The standard InChI is InChI=1S/C22H28N2O3/c1-2-27-16-6-13-23-21(25)18-11-14-24(15-12-18)22(26)20-10-5-8-17-7-3-4-9-19(17)20/h3-5,7-10,18H,2,6,11-16H2,1H3,(H,23,25). The zero-order chi connectivity index (χ0) is 19.1. The summed E-state index contributed by atoms with van der Waals surface area (Å²) in [6, 6.07) is 13.8. The highest BCUT2D eigenvalue weighted by Crippen LogP contribution is 2.23. The van der Waals surface area contributed by atoms with Crippen molar-refractivity contribution in [3.05, 3.63) is 48.0 Å². The molecule has 1 heterocycles. The van der Waals surface area contributed by atoms with Gasteiger partial charge in [-0.05, 0) is 43.0 Å². The van der Waals surface area contributed by atoms with Crippen LogP contribution in [0.25, 0.3) is 10.8 Å². The molecule has 0 aliphatic carbocycles. The molecule has 1 aliphatic rings. The summed E-state index contributed by atoms with van der Waals surface area (Å²) in [6.07, 6.45) is 2.26. The molecule has 0 unspecified atom stereocenters. The number of likely N-dealkylation sites (tertiary alicyclic amines) is 1. The number of carbonyl (C=O) groups is 2. The molecule has 0 spiro atoms. The number of hydrogen-bond acceptors (Lipinski definition) is 3. The second-order valence-corrected chi connectivity index (χ2v) is 6.93. The Hall–Kier alpha value is -2.40. The van der Waals surface area contributed by atoms with Gasteiger partial charge in [0.05, 0.1) is 0 Å². The molecule has 0 atom stereocenters. The molecular formula is C22H28N2O3. The van der Waals surface area contributed by atoms with E-state index in [9.17, 15) is 9.59 Å². The van der Waals surface area contributed by atoms with E-state index in [-0.39, 0.29) is 17.7 Å². The van der Waals surface area contributed by atoms with Crippen molar-refractivity contribution >= 4 is 22.6 Å². The quantitative estimate of drug-likeness (QED) is 0.764. The zero-order valence-corrected chi connectivity index (χ0v) is 15.9. The first kappa shape index (κ1) is 19.4. The summed E-state index contributed by atoms with van der Waals surface area (Å²) in [5, 5.41) is 5.05. The number of nitrogens with one attached hydrogen (secondary N) is 1. The summed E-state index contributed by atoms with van der Waals surface area (Å²) in [5.41, 5.74) is 0.743. The van der Waals surface area contributed by atoms with E-state index in [4.69, 9.17) is 4.74 Å². The van der Waals surface area contributed by atoms with E-state index in [1.165, 1.54) is 0 Å². The SMILES string of the molecule is CCOCCCNC(=O)C1CCN(C(=O)c2cccc3ccccc23)CC1. The molecule has 5 heteroatoms. The second-order valence-electron chi connectivity index (χ2n) is 6.93. The van der Waals surface area contributed by atoms with Crippen molar-refractivity contribution in [3.8, 4) is 0 Å². The molecule has 1 N–H and O–H groups in total. The Morgan fingerprint density at radius 2 is 1.85 bits per heavy atom. The Morgan fingerprint density at radius 1 is 1.11 bits per heavy atom. The fraction of sp³-hybridized carbons (Fsp3) is 0.455. The third-order valence-electron chi connectivity index (χ3n) is 5.14. The number of fused-ring (bicyclic) bond motifs is 1. The maximum Gasteiger partial charge on any atom is 0.254 e. The monoisotopic (exact) mass is 368 g/mol. The molecule has 0 aromatic heterocycles. The Kier molecular flexibility index (Phi) is 6.82. The molecule has 2 amide bonds. The summed E-state index contributed by atoms with van der Waals surface area (Å²) in [4.78, 5) is 27.1. The molecule has 1 aliphatic heterocycles. The summed E-state index contributed by atoms with van der Waals surface area (Å²) in [7, 11) is 0. The molecule has 2 aromatic carbocycles. The lowest BCUT2D eigenvalue weighted by molar-refractivity contribution is -0.126. The Bertz CT molecular complexity index is 777. The van der Waals surface area contributed by atoms with Crippen LogP contribution in [-0.4, -0.2) is 49.6 Å². The maximum absolute atomic E-state index is 13.0. The van der Waals surface area contributed by atoms with Crippen molar-refractivity contribution in [2.45, 2.75) is 26.2 Å². The zero-order valence-electron chi connectivity index (χ0n) is 15.9. The minimum Gasteiger partial charge on any atom is -0.382 e.